The number of benzene rings is 2. The topological polar surface area (TPSA) is 32.3 Å². The quantitative estimate of drug-likeness (QED) is 0.897. The number of anilines is 1. The minimum Gasteiger partial charge on any atom is -0.386 e. The van der Waals surface area contributed by atoms with Crippen LogP contribution in [0.15, 0.2) is 36.4 Å². The highest BCUT2D eigenvalue weighted by atomic mass is 35.5. The van der Waals surface area contributed by atoms with Gasteiger partial charge in [0.15, 0.2) is 0 Å². The maximum atomic E-state index is 13.4. The van der Waals surface area contributed by atoms with Crippen molar-refractivity contribution < 1.29 is 18.3 Å². The summed E-state index contributed by atoms with van der Waals surface area (Å²) < 4.78 is 39.9. The number of hydrogen-bond acceptors (Lipinski definition) is 2. The van der Waals surface area contributed by atoms with Crippen molar-refractivity contribution in [2.45, 2.75) is 6.10 Å². The smallest absolute Gasteiger partial charge is 0.141 e. The summed E-state index contributed by atoms with van der Waals surface area (Å²) in [6, 6.07) is 7.23. The third kappa shape index (κ3) is 3.23. The molecule has 0 fully saturated rings. The van der Waals surface area contributed by atoms with Crippen molar-refractivity contribution in [2.75, 3.05) is 11.9 Å². The summed E-state index contributed by atoms with van der Waals surface area (Å²) in [4.78, 5) is 0. The number of aliphatic hydroxyl groups is 1. The normalized spacial score (nSPS) is 12.2. The zero-order chi connectivity index (χ0) is 14.7. The van der Waals surface area contributed by atoms with E-state index in [1.807, 2.05) is 0 Å². The summed E-state index contributed by atoms with van der Waals surface area (Å²) >= 11 is 5.60. The van der Waals surface area contributed by atoms with E-state index in [9.17, 15) is 18.3 Å². The lowest BCUT2D eigenvalue weighted by molar-refractivity contribution is 0.181. The minimum atomic E-state index is -1.37. The number of nitrogens with one attached hydrogen (secondary N) is 1. The summed E-state index contributed by atoms with van der Waals surface area (Å²) in [6.07, 6.45) is -1.37. The highest BCUT2D eigenvalue weighted by molar-refractivity contribution is 6.31. The molecule has 2 aromatic rings. The molecule has 0 spiro atoms. The molecule has 2 aromatic carbocycles. The molecule has 0 aliphatic rings. The SMILES string of the molecule is OC(CNc1ccc(F)c(Cl)c1)c1c(F)cccc1F. The lowest BCUT2D eigenvalue weighted by atomic mass is 10.1. The molecule has 20 heavy (non-hydrogen) atoms. The zero-order valence-electron chi connectivity index (χ0n) is 10.2. The lowest BCUT2D eigenvalue weighted by Gasteiger charge is -2.14. The molecule has 0 bridgehead atoms. The van der Waals surface area contributed by atoms with E-state index in [4.69, 9.17) is 11.6 Å². The molecule has 1 unspecified atom stereocenters. The molecular weight excluding hydrogens is 291 g/mol. The van der Waals surface area contributed by atoms with Gasteiger partial charge in [-0.25, -0.2) is 13.2 Å². The Morgan fingerprint density at radius 3 is 2.30 bits per heavy atom. The number of hydrogen-bond donors (Lipinski definition) is 2. The van der Waals surface area contributed by atoms with Crippen LogP contribution >= 0.6 is 11.6 Å². The fraction of sp³-hybridized carbons (Fsp3) is 0.143. The van der Waals surface area contributed by atoms with Crippen LogP contribution in [0.5, 0.6) is 0 Å². The van der Waals surface area contributed by atoms with E-state index in [2.05, 4.69) is 5.32 Å². The lowest BCUT2D eigenvalue weighted by Crippen LogP contribution is -2.15. The van der Waals surface area contributed by atoms with Gasteiger partial charge < -0.3 is 10.4 Å². The second kappa shape index (κ2) is 6.15. The van der Waals surface area contributed by atoms with Gasteiger partial charge in [0.2, 0.25) is 0 Å². The maximum absolute atomic E-state index is 13.4. The molecule has 0 aliphatic carbocycles. The molecule has 6 heteroatoms. The molecule has 0 aliphatic heterocycles. The van der Waals surface area contributed by atoms with Gasteiger partial charge in [-0.1, -0.05) is 17.7 Å². The highest BCUT2D eigenvalue weighted by Crippen LogP contribution is 2.23. The molecule has 2 rings (SSSR count). The zero-order valence-corrected chi connectivity index (χ0v) is 11.0. The van der Waals surface area contributed by atoms with Gasteiger partial charge in [-0.2, -0.15) is 0 Å². The fourth-order valence-corrected chi connectivity index (χ4v) is 1.93. The average molecular weight is 302 g/mol. The Kier molecular flexibility index (Phi) is 4.52. The van der Waals surface area contributed by atoms with Gasteiger partial charge in [0.1, 0.15) is 23.6 Å². The standard InChI is InChI=1S/C14H11ClF3NO/c15-9-6-8(4-5-10(9)16)19-7-13(20)14-11(17)2-1-3-12(14)18/h1-6,13,19-20H,7H2. The number of halogens is 4. The predicted octanol–water partition coefficient (Wildman–Crippen LogP) is 3.90. The summed E-state index contributed by atoms with van der Waals surface area (Å²) in [7, 11) is 0. The van der Waals surface area contributed by atoms with Crippen LogP contribution in [0.2, 0.25) is 5.02 Å². The van der Waals surface area contributed by atoms with Crippen LogP contribution in [-0.4, -0.2) is 11.7 Å². The van der Waals surface area contributed by atoms with Gasteiger partial charge in [0.05, 0.1) is 10.6 Å². The largest absolute Gasteiger partial charge is 0.386 e. The molecule has 2 nitrogen and oxygen atoms in total. The Labute approximate surface area is 118 Å². The van der Waals surface area contributed by atoms with Gasteiger partial charge in [0.25, 0.3) is 0 Å². The summed E-state index contributed by atoms with van der Waals surface area (Å²) in [6.45, 7) is -0.139. The minimum absolute atomic E-state index is 0.0819. The molecule has 0 saturated heterocycles. The van der Waals surface area contributed by atoms with Crippen LogP contribution in [0.4, 0.5) is 18.9 Å². The van der Waals surface area contributed by atoms with Crippen molar-refractivity contribution in [3.63, 3.8) is 0 Å². The maximum Gasteiger partial charge on any atom is 0.141 e. The van der Waals surface area contributed by atoms with Gasteiger partial charge in [0, 0.05) is 12.2 Å². The summed E-state index contributed by atoms with van der Waals surface area (Å²) in [5.74, 6) is -2.22. The van der Waals surface area contributed by atoms with E-state index in [1.54, 1.807) is 0 Å². The van der Waals surface area contributed by atoms with Crippen molar-refractivity contribution >= 4 is 17.3 Å². The summed E-state index contributed by atoms with van der Waals surface area (Å²) in [5, 5.41) is 12.5. The van der Waals surface area contributed by atoms with E-state index >= 15 is 0 Å². The van der Waals surface area contributed by atoms with Crippen LogP contribution in [0.3, 0.4) is 0 Å². The molecule has 0 radical (unpaired) electrons. The Hall–Kier alpha value is -1.72. The first-order valence-corrected chi connectivity index (χ1v) is 6.17. The Balaban J connectivity index is 2.08. The van der Waals surface area contributed by atoms with E-state index in [0.717, 1.165) is 18.2 Å². The van der Waals surface area contributed by atoms with Crippen LogP contribution in [0.25, 0.3) is 0 Å². The van der Waals surface area contributed by atoms with E-state index < -0.39 is 29.1 Å². The first kappa shape index (κ1) is 14.7. The molecule has 0 aromatic heterocycles. The van der Waals surface area contributed by atoms with Crippen molar-refractivity contribution in [2.24, 2.45) is 0 Å². The Morgan fingerprint density at radius 1 is 1.05 bits per heavy atom. The molecule has 0 amide bonds. The molecule has 0 heterocycles. The molecule has 106 valence electrons. The fourth-order valence-electron chi connectivity index (χ4n) is 1.75. The average Bonchev–Trinajstić information content (AvgIpc) is 2.40. The van der Waals surface area contributed by atoms with E-state index in [1.165, 1.54) is 18.2 Å². The van der Waals surface area contributed by atoms with Crippen molar-refractivity contribution in [3.05, 3.63) is 64.4 Å². The Bertz CT molecular complexity index is 601. The van der Waals surface area contributed by atoms with Crippen molar-refractivity contribution in [3.8, 4) is 0 Å². The summed E-state index contributed by atoms with van der Waals surface area (Å²) in [5.41, 5.74) is 0.0282. The molecule has 0 saturated carbocycles. The van der Waals surface area contributed by atoms with Crippen LogP contribution < -0.4 is 5.32 Å². The van der Waals surface area contributed by atoms with Gasteiger partial charge >= 0.3 is 0 Å². The second-order valence-corrected chi connectivity index (χ2v) is 4.57. The van der Waals surface area contributed by atoms with E-state index in [-0.39, 0.29) is 11.6 Å². The van der Waals surface area contributed by atoms with Crippen molar-refractivity contribution in [1.29, 1.82) is 0 Å². The van der Waals surface area contributed by atoms with E-state index in [0.29, 0.717) is 5.69 Å². The van der Waals surface area contributed by atoms with Crippen LogP contribution in [0.1, 0.15) is 11.7 Å². The number of aliphatic hydroxyl groups excluding tert-OH is 1. The van der Waals surface area contributed by atoms with Gasteiger partial charge in [-0.05, 0) is 30.3 Å². The number of rotatable bonds is 4. The van der Waals surface area contributed by atoms with Gasteiger partial charge in [-0.15, -0.1) is 0 Å². The Morgan fingerprint density at radius 2 is 1.70 bits per heavy atom. The van der Waals surface area contributed by atoms with Crippen LogP contribution in [-0.2, 0) is 0 Å². The highest BCUT2D eigenvalue weighted by Gasteiger charge is 2.17. The first-order chi connectivity index (χ1) is 9.49. The van der Waals surface area contributed by atoms with Crippen LogP contribution in [0, 0.1) is 17.5 Å². The predicted molar refractivity (Wildman–Crippen MR) is 71.2 cm³/mol. The monoisotopic (exact) mass is 301 g/mol. The second-order valence-electron chi connectivity index (χ2n) is 4.16. The van der Waals surface area contributed by atoms with Crippen molar-refractivity contribution in [1.82, 2.24) is 0 Å². The third-order valence-corrected chi connectivity index (χ3v) is 3.04. The first-order valence-electron chi connectivity index (χ1n) is 5.80. The molecule has 2 N–H and O–H groups in total. The third-order valence-electron chi connectivity index (χ3n) is 2.75. The molecule has 1 atom stereocenters. The molecular formula is C14H11ClF3NO. The van der Waals surface area contributed by atoms with Gasteiger partial charge in [-0.3, -0.25) is 0 Å².